The summed E-state index contributed by atoms with van der Waals surface area (Å²) < 4.78 is 15.2. The maximum Gasteiger partial charge on any atom is 0.337 e. The van der Waals surface area contributed by atoms with Crippen LogP contribution < -0.4 is 20.1 Å². The molecule has 0 atom stereocenters. The fourth-order valence-electron chi connectivity index (χ4n) is 1.99. The Bertz CT molecular complexity index is 698. The van der Waals surface area contributed by atoms with Gasteiger partial charge in [0, 0.05) is 5.69 Å². The van der Waals surface area contributed by atoms with Gasteiger partial charge >= 0.3 is 12.0 Å². The van der Waals surface area contributed by atoms with Crippen molar-refractivity contribution >= 4 is 17.7 Å². The molecular weight excluding hydrogens is 324 g/mol. The Labute approximate surface area is 145 Å². The second-order valence-electron chi connectivity index (χ2n) is 4.97. The summed E-state index contributed by atoms with van der Waals surface area (Å²) in [6, 6.07) is 13.2. The molecule has 0 heterocycles. The Balaban J connectivity index is 1.70. The van der Waals surface area contributed by atoms with Gasteiger partial charge in [0.15, 0.2) is 0 Å². The van der Waals surface area contributed by atoms with Crippen molar-refractivity contribution in [2.24, 2.45) is 0 Å². The fourth-order valence-corrected chi connectivity index (χ4v) is 1.99. The minimum atomic E-state index is -0.424. The number of benzene rings is 2. The van der Waals surface area contributed by atoms with Crippen molar-refractivity contribution in [3.05, 3.63) is 54.1 Å². The monoisotopic (exact) mass is 344 g/mol. The molecule has 0 spiro atoms. The number of anilines is 1. The van der Waals surface area contributed by atoms with Gasteiger partial charge in [-0.2, -0.15) is 0 Å². The summed E-state index contributed by atoms with van der Waals surface area (Å²) in [7, 11) is 2.91. The molecule has 132 valence electrons. The predicted octanol–water partition coefficient (Wildman–Crippen LogP) is 2.68. The van der Waals surface area contributed by atoms with Crippen LogP contribution in [-0.2, 0) is 4.74 Å². The van der Waals surface area contributed by atoms with Gasteiger partial charge in [0.25, 0.3) is 0 Å². The highest BCUT2D eigenvalue weighted by Gasteiger charge is 2.06. The molecule has 0 bridgehead atoms. The highest BCUT2D eigenvalue weighted by Crippen LogP contribution is 2.16. The van der Waals surface area contributed by atoms with E-state index >= 15 is 0 Å². The van der Waals surface area contributed by atoms with E-state index in [1.54, 1.807) is 55.6 Å². The van der Waals surface area contributed by atoms with E-state index < -0.39 is 5.97 Å². The maximum absolute atomic E-state index is 11.8. The Morgan fingerprint density at radius 1 is 0.920 bits per heavy atom. The number of rotatable bonds is 7. The molecule has 7 heteroatoms. The lowest BCUT2D eigenvalue weighted by Crippen LogP contribution is -2.32. The standard InChI is InChI=1S/C18H20N2O5/c1-23-15-7-9-16(10-8-15)25-12-11-19-18(22)20-14-5-3-13(4-6-14)17(21)24-2/h3-10H,11-12H2,1-2H3,(H2,19,20,22). The molecular formula is C18H20N2O5. The summed E-state index contributed by atoms with van der Waals surface area (Å²) in [4.78, 5) is 23.1. The lowest BCUT2D eigenvalue weighted by molar-refractivity contribution is 0.0600. The first-order valence-electron chi connectivity index (χ1n) is 7.62. The van der Waals surface area contributed by atoms with E-state index in [9.17, 15) is 9.59 Å². The predicted molar refractivity (Wildman–Crippen MR) is 93.3 cm³/mol. The highest BCUT2D eigenvalue weighted by molar-refractivity contribution is 5.92. The van der Waals surface area contributed by atoms with Crippen molar-refractivity contribution in [3.63, 3.8) is 0 Å². The number of hydrogen-bond acceptors (Lipinski definition) is 5. The number of carbonyl (C=O) groups is 2. The van der Waals surface area contributed by atoms with Crippen LogP contribution in [0.15, 0.2) is 48.5 Å². The molecule has 0 saturated carbocycles. The van der Waals surface area contributed by atoms with Gasteiger partial charge in [0.05, 0.1) is 26.3 Å². The summed E-state index contributed by atoms with van der Waals surface area (Å²) in [6.45, 7) is 0.680. The number of methoxy groups -OCH3 is 2. The Kier molecular flexibility index (Phi) is 6.65. The zero-order valence-electron chi connectivity index (χ0n) is 14.1. The molecule has 0 aliphatic rings. The van der Waals surface area contributed by atoms with E-state index in [4.69, 9.17) is 9.47 Å². The largest absolute Gasteiger partial charge is 0.497 e. The quantitative estimate of drug-likeness (QED) is 0.596. The molecule has 7 nitrogen and oxygen atoms in total. The van der Waals surface area contributed by atoms with Gasteiger partial charge in [-0.05, 0) is 48.5 Å². The van der Waals surface area contributed by atoms with Crippen LogP contribution in [0.2, 0.25) is 0 Å². The number of nitrogens with one attached hydrogen (secondary N) is 2. The smallest absolute Gasteiger partial charge is 0.337 e. The highest BCUT2D eigenvalue weighted by atomic mass is 16.5. The third-order valence-electron chi connectivity index (χ3n) is 3.28. The van der Waals surface area contributed by atoms with Gasteiger partial charge in [0.2, 0.25) is 0 Å². The average molecular weight is 344 g/mol. The van der Waals surface area contributed by atoms with Gasteiger partial charge in [-0.3, -0.25) is 0 Å². The van der Waals surface area contributed by atoms with Crippen molar-refractivity contribution in [1.82, 2.24) is 5.32 Å². The Morgan fingerprint density at radius 2 is 1.56 bits per heavy atom. The average Bonchev–Trinajstić information content (AvgIpc) is 2.65. The van der Waals surface area contributed by atoms with E-state index in [-0.39, 0.29) is 6.03 Å². The van der Waals surface area contributed by atoms with E-state index in [0.717, 1.165) is 5.75 Å². The number of ether oxygens (including phenoxy) is 3. The summed E-state index contributed by atoms with van der Waals surface area (Å²) >= 11 is 0. The lowest BCUT2D eigenvalue weighted by Gasteiger charge is -2.10. The maximum atomic E-state index is 11.8. The van der Waals surface area contributed by atoms with Crippen LogP contribution in [0.1, 0.15) is 10.4 Å². The topological polar surface area (TPSA) is 85.9 Å². The summed E-state index contributed by atoms with van der Waals surface area (Å²) in [5.41, 5.74) is 0.988. The first-order valence-corrected chi connectivity index (χ1v) is 7.62. The zero-order valence-corrected chi connectivity index (χ0v) is 14.1. The molecule has 0 unspecified atom stereocenters. The third kappa shape index (κ3) is 5.72. The molecule has 0 radical (unpaired) electrons. The van der Waals surface area contributed by atoms with Crippen molar-refractivity contribution < 1.29 is 23.8 Å². The van der Waals surface area contributed by atoms with Gasteiger partial charge in [-0.1, -0.05) is 0 Å². The van der Waals surface area contributed by atoms with E-state index in [1.165, 1.54) is 7.11 Å². The zero-order chi connectivity index (χ0) is 18.1. The first-order chi connectivity index (χ1) is 12.1. The van der Waals surface area contributed by atoms with Crippen molar-refractivity contribution in [1.29, 1.82) is 0 Å². The van der Waals surface area contributed by atoms with Crippen LogP contribution in [0, 0.1) is 0 Å². The van der Waals surface area contributed by atoms with Crippen LogP contribution in [0.25, 0.3) is 0 Å². The molecule has 2 aromatic carbocycles. The molecule has 0 aromatic heterocycles. The lowest BCUT2D eigenvalue weighted by atomic mass is 10.2. The minimum absolute atomic E-state index is 0.334. The fraction of sp³-hybridized carbons (Fsp3) is 0.222. The van der Waals surface area contributed by atoms with Crippen LogP contribution in [0.4, 0.5) is 10.5 Å². The van der Waals surface area contributed by atoms with Crippen molar-refractivity contribution in [2.75, 3.05) is 32.7 Å². The van der Waals surface area contributed by atoms with Crippen LogP contribution in [0.5, 0.6) is 11.5 Å². The molecule has 0 aliphatic heterocycles. The number of esters is 1. The van der Waals surface area contributed by atoms with Crippen LogP contribution in [-0.4, -0.2) is 39.4 Å². The molecule has 0 fully saturated rings. The summed E-state index contributed by atoms with van der Waals surface area (Å²) in [6.07, 6.45) is 0. The van der Waals surface area contributed by atoms with E-state index in [1.807, 2.05) is 0 Å². The SMILES string of the molecule is COC(=O)c1ccc(NC(=O)NCCOc2ccc(OC)cc2)cc1. The molecule has 0 saturated heterocycles. The molecule has 2 aromatic rings. The van der Waals surface area contributed by atoms with Crippen LogP contribution >= 0.6 is 0 Å². The van der Waals surface area contributed by atoms with Crippen molar-refractivity contribution in [3.8, 4) is 11.5 Å². The van der Waals surface area contributed by atoms with Crippen molar-refractivity contribution in [2.45, 2.75) is 0 Å². The van der Waals surface area contributed by atoms with Gasteiger partial charge in [0.1, 0.15) is 18.1 Å². The molecule has 0 aliphatic carbocycles. The molecule has 2 rings (SSSR count). The minimum Gasteiger partial charge on any atom is -0.497 e. The number of urea groups is 1. The second kappa shape index (κ2) is 9.17. The second-order valence-corrected chi connectivity index (χ2v) is 4.97. The van der Waals surface area contributed by atoms with Crippen LogP contribution in [0.3, 0.4) is 0 Å². The normalized spacial score (nSPS) is 9.84. The molecule has 25 heavy (non-hydrogen) atoms. The summed E-state index contributed by atoms with van der Waals surface area (Å²) in [5.74, 6) is 1.02. The van der Waals surface area contributed by atoms with E-state index in [0.29, 0.717) is 30.2 Å². The number of hydrogen-bond donors (Lipinski definition) is 2. The third-order valence-corrected chi connectivity index (χ3v) is 3.28. The molecule has 2 amide bonds. The molecule has 2 N–H and O–H groups in total. The summed E-state index contributed by atoms with van der Waals surface area (Å²) in [5, 5.41) is 5.35. The van der Waals surface area contributed by atoms with Gasteiger partial charge in [-0.25, -0.2) is 9.59 Å². The van der Waals surface area contributed by atoms with E-state index in [2.05, 4.69) is 15.4 Å². The number of carbonyl (C=O) groups excluding carboxylic acids is 2. The first kappa shape index (κ1) is 18.1. The Morgan fingerprint density at radius 3 is 2.16 bits per heavy atom. The van der Waals surface area contributed by atoms with Gasteiger partial charge in [-0.15, -0.1) is 0 Å². The number of amides is 2. The van der Waals surface area contributed by atoms with Gasteiger partial charge < -0.3 is 24.8 Å². The Hall–Kier alpha value is -3.22.